The Hall–Kier alpha value is -1.66. The number of hydrogen-bond donors (Lipinski definition) is 0. The van der Waals surface area contributed by atoms with Crippen LogP contribution in [0.4, 0.5) is 0 Å². The maximum atomic E-state index is 12.3. The van der Waals surface area contributed by atoms with Gasteiger partial charge in [-0.1, -0.05) is 18.2 Å². The molecule has 1 atom stereocenters. The van der Waals surface area contributed by atoms with Crippen molar-refractivity contribution in [3.8, 4) is 0 Å². The summed E-state index contributed by atoms with van der Waals surface area (Å²) in [7, 11) is -2.96. The molecule has 0 bridgehead atoms. The highest BCUT2D eigenvalue weighted by Crippen LogP contribution is 2.20. The lowest BCUT2D eigenvalue weighted by molar-refractivity contribution is 0.0883. The first-order chi connectivity index (χ1) is 9.94. The number of benzene rings is 1. The topological polar surface area (TPSA) is 67.6 Å². The molecule has 3 rings (SSSR count). The van der Waals surface area contributed by atoms with Gasteiger partial charge in [0.2, 0.25) is 5.78 Å². The molecule has 1 saturated heterocycles. The van der Waals surface area contributed by atoms with Crippen LogP contribution >= 0.6 is 0 Å². The molecule has 0 amide bonds. The summed E-state index contributed by atoms with van der Waals surface area (Å²) in [6, 6.07) is 9.07. The lowest BCUT2D eigenvalue weighted by Crippen LogP contribution is -2.48. The smallest absolute Gasteiger partial charge is 0.211 e. The van der Waals surface area contributed by atoms with Crippen molar-refractivity contribution in [2.45, 2.75) is 13.0 Å². The fraction of sp³-hybridized carbons (Fsp3) is 0.400. The number of rotatable bonds is 3. The highest BCUT2D eigenvalue weighted by atomic mass is 32.2. The van der Waals surface area contributed by atoms with E-state index in [1.165, 1.54) is 0 Å². The molecule has 21 heavy (non-hydrogen) atoms. The largest absolute Gasteiger partial charge is 0.453 e. The minimum Gasteiger partial charge on any atom is -0.453 e. The summed E-state index contributed by atoms with van der Waals surface area (Å²) in [4.78, 5) is 14.2. The third kappa shape index (κ3) is 3.01. The van der Waals surface area contributed by atoms with Crippen LogP contribution in [-0.2, 0) is 9.84 Å². The van der Waals surface area contributed by atoms with Crippen molar-refractivity contribution in [3.63, 3.8) is 0 Å². The van der Waals surface area contributed by atoms with Gasteiger partial charge >= 0.3 is 0 Å². The van der Waals surface area contributed by atoms with Crippen molar-refractivity contribution in [1.29, 1.82) is 0 Å². The van der Waals surface area contributed by atoms with Crippen molar-refractivity contribution < 1.29 is 17.6 Å². The molecule has 0 aliphatic carbocycles. The van der Waals surface area contributed by atoms with Crippen molar-refractivity contribution in [2.75, 3.05) is 24.6 Å². The van der Waals surface area contributed by atoms with E-state index in [9.17, 15) is 13.2 Å². The van der Waals surface area contributed by atoms with E-state index >= 15 is 0 Å². The summed E-state index contributed by atoms with van der Waals surface area (Å²) in [5.74, 6) is 0.444. The summed E-state index contributed by atoms with van der Waals surface area (Å²) in [5.41, 5.74) is 0.690. The maximum Gasteiger partial charge on any atom is 0.211 e. The number of furan rings is 1. The molecule has 0 radical (unpaired) electrons. The van der Waals surface area contributed by atoms with Crippen LogP contribution in [0.15, 0.2) is 34.7 Å². The van der Waals surface area contributed by atoms with Crippen LogP contribution in [0.2, 0.25) is 0 Å². The van der Waals surface area contributed by atoms with Gasteiger partial charge in [0.05, 0.1) is 18.1 Å². The summed E-state index contributed by atoms with van der Waals surface area (Å²) in [6.07, 6.45) is 0. The Morgan fingerprint density at radius 2 is 2.14 bits per heavy atom. The standard InChI is InChI=1S/C15H17NO4S/c1-11-10-21(18,19)7-6-16(11)9-13(17)15-8-12-4-2-3-5-14(12)20-15/h2-5,8,11H,6-7,9-10H2,1H3. The SMILES string of the molecule is CC1CS(=O)(=O)CCN1CC(=O)c1cc2ccccc2o1. The molecule has 6 heteroatoms. The van der Waals surface area contributed by atoms with Gasteiger partial charge in [-0.3, -0.25) is 9.69 Å². The molecule has 5 nitrogen and oxygen atoms in total. The summed E-state index contributed by atoms with van der Waals surface area (Å²) < 4.78 is 28.7. The van der Waals surface area contributed by atoms with Crippen LogP contribution in [0, 0.1) is 0 Å². The molecule has 0 spiro atoms. The number of nitrogens with zero attached hydrogens (tertiary/aromatic N) is 1. The van der Waals surface area contributed by atoms with Crippen LogP contribution < -0.4 is 0 Å². The molecule has 1 unspecified atom stereocenters. The van der Waals surface area contributed by atoms with E-state index in [2.05, 4.69) is 0 Å². The van der Waals surface area contributed by atoms with E-state index in [1.807, 2.05) is 36.1 Å². The third-order valence-corrected chi connectivity index (χ3v) is 5.65. The van der Waals surface area contributed by atoms with Crippen molar-refractivity contribution >= 4 is 26.6 Å². The first kappa shape index (κ1) is 14.3. The van der Waals surface area contributed by atoms with Gasteiger partial charge < -0.3 is 4.42 Å². The number of carbonyl (C=O) groups excluding carboxylic acids is 1. The normalized spacial score (nSPS) is 22.4. The van der Waals surface area contributed by atoms with Crippen LogP contribution in [0.5, 0.6) is 0 Å². The second-order valence-electron chi connectivity index (χ2n) is 5.51. The van der Waals surface area contributed by atoms with Gasteiger partial charge in [0.1, 0.15) is 5.58 Å². The van der Waals surface area contributed by atoms with Crippen LogP contribution in [0.3, 0.4) is 0 Å². The van der Waals surface area contributed by atoms with Crippen molar-refractivity contribution in [3.05, 3.63) is 36.1 Å². The first-order valence-electron chi connectivity index (χ1n) is 6.91. The number of carbonyl (C=O) groups is 1. The van der Waals surface area contributed by atoms with Gasteiger partial charge in [0.25, 0.3) is 0 Å². The Kier molecular flexibility index (Phi) is 3.59. The Morgan fingerprint density at radius 1 is 1.38 bits per heavy atom. The summed E-state index contributed by atoms with van der Waals surface area (Å²) in [6.45, 7) is 2.43. The average molecular weight is 307 g/mol. The zero-order valence-corrected chi connectivity index (χ0v) is 12.6. The monoisotopic (exact) mass is 307 g/mol. The Morgan fingerprint density at radius 3 is 2.86 bits per heavy atom. The quantitative estimate of drug-likeness (QED) is 0.808. The zero-order chi connectivity index (χ0) is 15.0. The fourth-order valence-corrected chi connectivity index (χ4v) is 4.27. The minimum absolute atomic E-state index is 0.112. The number of Topliss-reactive ketones (excluding diaryl/α,β-unsaturated/α-hetero) is 1. The van der Waals surface area contributed by atoms with Gasteiger partial charge in [0.15, 0.2) is 15.6 Å². The summed E-state index contributed by atoms with van der Waals surface area (Å²) in [5, 5.41) is 0.898. The first-order valence-corrected chi connectivity index (χ1v) is 8.73. The molecule has 1 aromatic heterocycles. The van der Waals surface area contributed by atoms with Gasteiger partial charge in [0, 0.05) is 18.0 Å². The van der Waals surface area contributed by atoms with Crippen LogP contribution in [-0.4, -0.2) is 49.7 Å². The van der Waals surface area contributed by atoms with E-state index in [0.717, 1.165) is 5.39 Å². The van der Waals surface area contributed by atoms with E-state index < -0.39 is 9.84 Å². The molecule has 1 aromatic carbocycles. The predicted octanol–water partition coefficient (Wildman–Crippen LogP) is 1.73. The van der Waals surface area contributed by atoms with Gasteiger partial charge in [-0.05, 0) is 19.1 Å². The zero-order valence-electron chi connectivity index (χ0n) is 11.8. The average Bonchev–Trinajstić information content (AvgIpc) is 2.85. The van der Waals surface area contributed by atoms with E-state index in [4.69, 9.17) is 4.42 Å². The Balaban J connectivity index is 1.74. The molecular formula is C15H17NO4S. The molecular weight excluding hydrogens is 290 g/mol. The fourth-order valence-electron chi connectivity index (χ4n) is 2.65. The second kappa shape index (κ2) is 5.27. The number of sulfone groups is 1. The minimum atomic E-state index is -2.96. The Labute approximate surface area is 123 Å². The molecule has 1 aliphatic rings. The van der Waals surface area contributed by atoms with Crippen molar-refractivity contribution in [1.82, 2.24) is 4.90 Å². The van der Waals surface area contributed by atoms with Crippen LogP contribution in [0.1, 0.15) is 17.5 Å². The predicted molar refractivity (Wildman–Crippen MR) is 80.2 cm³/mol. The lowest BCUT2D eigenvalue weighted by atomic mass is 10.2. The van der Waals surface area contributed by atoms with Gasteiger partial charge in [-0.25, -0.2) is 8.42 Å². The molecule has 2 aromatic rings. The van der Waals surface area contributed by atoms with Gasteiger partial charge in [-0.2, -0.15) is 0 Å². The van der Waals surface area contributed by atoms with Crippen LogP contribution in [0.25, 0.3) is 11.0 Å². The molecule has 112 valence electrons. The number of hydrogen-bond acceptors (Lipinski definition) is 5. The second-order valence-corrected chi connectivity index (χ2v) is 7.73. The highest BCUT2D eigenvalue weighted by molar-refractivity contribution is 7.91. The number of para-hydroxylation sites is 1. The molecule has 1 aliphatic heterocycles. The molecule has 1 fully saturated rings. The highest BCUT2D eigenvalue weighted by Gasteiger charge is 2.29. The maximum absolute atomic E-state index is 12.3. The third-order valence-electron chi connectivity index (χ3n) is 3.86. The number of fused-ring (bicyclic) bond motifs is 1. The number of ketones is 1. The molecule has 0 saturated carbocycles. The van der Waals surface area contributed by atoms with E-state index in [0.29, 0.717) is 17.9 Å². The van der Waals surface area contributed by atoms with E-state index in [-0.39, 0.29) is 29.9 Å². The van der Waals surface area contributed by atoms with E-state index in [1.54, 1.807) is 6.07 Å². The lowest BCUT2D eigenvalue weighted by Gasteiger charge is -2.32. The summed E-state index contributed by atoms with van der Waals surface area (Å²) >= 11 is 0. The van der Waals surface area contributed by atoms with Crippen molar-refractivity contribution in [2.24, 2.45) is 0 Å². The Bertz CT molecular complexity index is 745. The molecule has 0 N–H and O–H groups in total. The molecule has 2 heterocycles. The van der Waals surface area contributed by atoms with Gasteiger partial charge in [-0.15, -0.1) is 0 Å².